The second-order valence-electron chi connectivity index (χ2n) is 3.34. The quantitative estimate of drug-likeness (QED) is 0.696. The molecule has 2 N–H and O–H groups in total. The van der Waals surface area contributed by atoms with Crippen molar-refractivity contribution in [2.75, 3.05) is 23.6 Å². The van der Waals surface area contributed by atoms with Crippen molar-refractivity contribution in [1.29, 1.82) is 0 Å². The van der Waals surface area contributed by atoms with Gasteiger partial charge in [-0.2, -0.15) is 0 Å². The van der Waals surface area contributed by atoms with Gasteiger partial charge in [0.25, 0.3) is 0 Å². The van der Waals surface area contributed by atoms with E-state index < -0.39 is 10.0 Å². The minimum absolute atomic E-state index is 0.108. The molecule has 0 aromatic carbocycles. The number of anilines is 1. The Morgan fingerprint density at radius 2 is 2.19 bits per heavy atom. The fourth-order valence-electron chi connectivity index (χ4n) is 1.20. The van der Waals surface area contributed by atoms with E-state index in [1.807, 2.05) is 6.92 Å². The highest BCUT2D eigenvalue weighted by atomic mass is 32.2. The number of sulfonamides is 1. The maximum absolute atomic E-state index is 11.6. The second kappa shape index (κ2) is 6.44. The van der Waals surface area contributed by atoms with E-state index >= 15 is 0 Å². The fraction of sp³-hybridized carbons (Fsp3) is 0.500. The summed E-state index contributed by atoms with van der Waals surface area (Å²) in [6.07, 6.45) is 2.15. The van der Waals surface area contributed by atoms with E-state index in [1.165, 1.54) is 0 Å². The lowest BCUT2D eigenvalue weighted by Gasteiger charge is -2.06. The van der Waals surface area contributed by atoms with Crippen molar-refractivity contribution in [3.8, 4) is 0 Å². The molecule has 5 nitrogen and oxygen atoms in total. The average molecular weight is 243 g/mol. The van der Waals surface area contributed by atoms with E-state index in [1.54, 1.807) is 24.4 Å². The van der Waals surface area contributed by atoms with Gasteiger partial charge in [-0.25, -0.2) is 13.4 Å². The van der Waals surface area contributed by atoms with Crippen LogP contribution in [-0.2, 0) is 10.0 Å². The first kappa shape index (κ1) is 12.9. The van der Waals surface area contributed by atoms with Crippen LogP contribution in [0.2, 0.25) is 0 Å². The van der Waals surface area contributed by atoms with Gasteiger partial charge in [0.2, 0.25) is 10.0 Å². The summed E-state index contributed by atoms with van der Waals surface area (Å²) in [6.45, 7) is 3.55. The van der Waals surface area contributed by atoms with Crippen LogP contribution in [0.3, 0.4) is 0 Å². The maximum atomic E-state index is 11.6. The van der Waals surface area contributed by atoms with Gasteiger partial charge in [-0.05, 0) is 31.6 Å². The van der Waals surface area contributed by atoms with Crippen LogP contribution >= 0.6 is 0 Å². The van der Waals surface area contributed by atoms with E-state index in [0.717, 1.165) is 6.54 Å². The summed E-state index contributed by atoms with van der Waals surface area (Å²) in [6, 6.07) is 5.11. The van der Waals surface area contributed by atoms with Crippen molar-refractivity contribution < 1.29 is 8.42 Å². The van der Waals surface area contributed by atoms with Gasteiger partial charge in [0.05, 0.1) is 5.75 Å². The van der Waals surface area contributed by atoms with Gasteiger partial charge >= 0.3 is 0 Å². The molecule has 0 saturated carbocycles. The predicted octanol–water partition coefficient (Wildman–Crippen LogP) is 0.823. The first-order valence-electron chi connectivity index (χ1n) is 5.26. The minimum Gasteiger partial charge on any atom is -0.317 e. The third-order valence-electron chi connectivity index (χ3n) is 1.94. The molecule has 0 atom stereocenters. The number of rotatable bonds is 7. The van der Waals surface area contributed by atoms with E-state index in [-0.39, 0.29) is 5.75 Å². The van der Waals surface area contributed by atoms with Gasteiger partial charge in [-0.1, -0.05) is 13.0 Å². The highest BCUT2D eigenvalue weighted by Crippen LogP contribution is 2.04. The Labute approximate surface area is 96.3 Å². The van der Waals surface area contributed by atoms with Gasteiger partial charge in [0.15, 0.2) is 0 Å². The Kier molecular flexibility index (Phi) is 5.21. The van der Waals surface area contributed by atoms with Crippen molar-refractivity contribution in [2.24, 2.45) is 0 Å². The number of hydrogen-bond donors (Lipinski definition) is 2. The minimum atomic E-state index is -3.27. The number of nitrogens with one attached hydrogen (secondary N) is 2. The lowest BCUT2D eigenvalue weighted by molar-refractivity contribution is 0.595. The van der Waals surface area contributed by atoms with Gasteiger partial charge in [-0.3, -0.25) is 4.72 Å². The van der Waals surface area contributed by atoms with Crippen molar-refractivity contribution in [2.45, 2.75) is 13.3 Å². The Bertz CT molecular complexity index is 392. The van der Waals surface area contributed by atoms with Crippen LogP contribution in [-0.4, -0.2) is 32.2 Å². The zero-order valence-electron chi connectivity index (χ0n) is 9.31. The molecule has 0 fully saturated rings. The molecule has 90 valence electrons. The molecule has 0 aliphatic carbocycles. The molecular formula is C10H17N3O2S. The molecular weight excluding hydrogens is 226 g/mol. The maximum Gasteiger partial charge on any atom is 0.233 e. The normalized spacial score (nSPS) is 11.3. The number of aromatic nitrogens is 1. The van der Waals surface area contributed by atoms with Crippen LogP contribution in [0.25, 0.3) is 0 Å². The van der Waals surface area contributed by atoms with Crippen molar-refractivity contribution in [1.82, 2.24) is 10.3 Å². The molecule has 0 aliphatic heterocycles. The lowest BCUT2D eigenvalue weighted by atomic mass is 10.5. The third-order valence-corrected chi connectivity index (χ3v) is 3.29. The number of pyridine rings is 1. The van der Waals surface area contributed by atoms with Crippen LogP contribution in [0.4, 0.5) is 5.82 Å². The molecule has 0 unspecified atom stereocenters. The molecule has 0 spiro atoms. The summed E-state index contributed by atoms with van der Waals surface area (Å²) in [5.74, 6) is 0.474. The molecule has 1 heterocycles. The van der Waals surface area contributed by atoms with E-state index in [2.05, 4.69) is 15.0 Å². The SMILES string of the molecule is CCNCCCS(=O)(=O)Nc1ccccn1. The zero-order chi connectivity index (χ0) is 11.9. The Hall–Kier alpha value is -1.14. The average Bonchev–Trinajstić information content (AvgIpc) is 2.25. The van der Waals surface area contributed by atoms with Gasteiger partial charge in [0.1, 0.15) is 5.82 Å². The van der Waals surface area contributed by atoms with Crippen molar-refractivity contribution in [3.05, 3.63) is 24.4 Å². The molecule has 16 heavy (non-hydrogen) atoms. The Morgan fingerprint density at radius 1 is 1.38 bits per heavy atom. The summed E-state index contributed by atoms with van der Waals surface area (Å²) < 4.78 is 25.6. The Balaban J connectivity index is 2.40. The number of nitrogens with zero attached hydrogens (tertiary/aromatic N) is 1. The van der Waals surface area contributed by atoms with Gasteiger partial charge in [-0.15, -0.1) is 0 Å². The zero-order valence-corrected chi connectivity index (χ0v) is 10.1. The van der Waals surface area contributed by atoms with Crippen LogP contribution in [0.1, 0.15) is 13.3 Å². The summed E-state index contributed by atoms with van der Waals surface area (Å²) in [4.78, 5) is 3.90. The summed E-state index contributed by atoms with van der Waals surface area (Å²) >= 11 is 0. The molecule has 0 amide bonds. The molecule has 6 heteroatoms. The first-order chi connectivity index (χ1) is 7.64. The fourth-order valence-corrected chi connectivity index (χ4v) is 2.26. The van der Waals surface area contributed by atoms with Gasteiger partial charge < -0.3 is 5.32 Å². The predicted molar refractivity (Wildman–Crippen MR) is 64.8 cm³/mol. The van der Waals surface area contributed by atoms with Crippen LogP contribution in [0.15, 0.2) is 24.4 Å². The van der Waals surface area contributed by atoms with Crippen molar-refractivity contribution in [3.63, 3.8) is 0 Å². The van der Waals surface area contributed by atoms with E-state index in [0.29, 0.717) is 18.8 Å². The third kappa shape index (κ3) is 5.09. The Morgan fingerprint density at radius 3 is 2.81 bits per heavy atom. The van der Waals surface area contributed by atoms with Crippen LogP contribution in [0.5, 0.6) is 0 Å². The highest BCUT2D eigenvalue weighted by Gasteiger charge is 2.09. The monoisotopic (exact) mass is 243 g/mol. The summed E-state index contributed by atoms with van der Waals surface area (Å²) in [5.41, 5.74) is 0. The van der Waals surface area contributed by atoms with Crippen molar-refractivity contribution >= 4 is 15.8 Å². The number of hydrogen-bond acceptors (Lipinski definition) is 4. The van der Waals surface area contributed by atoms with Crippen LogP contribution < -0.4 is 10.0 Å². The molecule has 0 aliphatic rings. The van der Waals surface area contributed by atoms with Gasteiger partial charge in [0, 0.05) is 6.20 Å². The summed E-state index contributed by atoms with van der Waals surface area (Å²) in [5, 5.41) is 3.08. The smallest absolute Gasteiger partial charge is 0.233 e. The standard InChI is InChI=1S/C10H17N3O2S/c1-2-11-7-5-9-16(14,15)13-10-6-3-4-8-12-10/h3-4,6,8,11H,2,5,7,9H2,1H3,(H,12,13). The van der Waals surface area contributed by atoms with Crippen LogP contribution in [0, 0.1) is 0 Å². The topological polar surface area (TPSA) is 71.1 Å². The highest BCUT2D eigenvalue weighted by molar-refractivity contribution is 7.92. The largest absolute Gasteiger partial charge is 0.317 e. The molecule has 1 aromatic rings. The molecule has 1 aromatic heterocycles. The second-order valence-corrected chi connectivity index (χ2v) is 5.18. The molecule has 1 rings (SSSR count). The molecule has 0 bridgehead atoms. The lowest BCUT2D eigenvalue weighted by Crippen LogP contribution is -2.22. The molecule has 0 saturated heterocycles. The van der Waals surface area contributed by atoms with E-state index in [9.17, 15) is 8.42 Å². The summed E-state index contributed by atoms with van der Waals surface area (Å²) in [7, 11) is -3.27. The first-order valence-corrected chi connectivity index (χ1v) is 6.91. The molecule has 0 radical (unpaired) electrons. The van der Waals surface area contributed by atoms with E-state index in [4.69, 9.17) is 0 Å².